The fourth-order valence-electron chi connectivity index (χ4n) is 1.33. The van der Waals surface area contributed by atoms with Crippen LogP contribution >= 0.6 is 0 Å². The monoisotopic (exact) mass is 207 g/mol. The molecule has 0 fully saturated rings. The Bertz CT molecular complexity index is 363. The first-order valence-corrected chi connectivity index (χ1v) is 4.89. The van der Waals surface area contributed by atoms with Crippen molar-refractivity contribution < 1.29 is 4.79 Å². The Morgan fingerprint density at radius 2 is 2.13 bits per heavy atom. The molecule has 0 saturated carbocycles. The van der Waals surface area contributed by atoms with Crippen LogP contribution in [0.5, 0.6) is 0 Å². The van der Waals surface area contributed by atoms with E-state index in [4.69, 9.17) is 5.73 Å². The Kier molecular flexibility index (Phi) is 3.55. The quantitative estimate of drug-likeness (QED) is 0.651. The lowest BCUT2D eigenvalue weighted by molar-refractivity contribution is -0.121. The molecule has 1 unspecified atom stereocenters. The summed E-state index contributed by atoms with van der Waals surface area (Å²) in [5.74, 6) is -0.0446. The predicted molar refractivity (Wildman–Crippen MR) is 62.7 cm³/mol. The average molecular weight is 207 g/mol. The fraction of sp³-hybridized carbons (Fsp3) is 0.364. The van der Waals surface area contributed by atoms with Gasteiger partial charge in [-0.25, -0.2) is 0 Å². The molecule has 4 heteroatoms. The number of hydrogen-bond donors (Lipinski definition) is 3. The number of hydrogen-bond acceptors (Lipinski definition) is 3. The highest BCUT2D eigenvalue weighted by atomic mass is 16.2. The van der Waals surface area contributed by atoms with Crippen molar-refractivity contribution >= 4 is 17.3 Å². The van der Waals surface area contributed by atoms with Gasteiger partial charge in [-0.2, -0.15) is 0 Å². The molecule has 0 radical (unpaired) electrons. The maximum atomic E-state index is 11.3. The van der Waals surface area contributed by atoms with Gasteiger partial charge in [-0.05, 0) is 31.5 Å². The van der Waals surface area contributed by atoms with Crippen molar-refractivity contribution in [3.63, 3.8) is 0 Å². The predicted octanol–water partition coefficient (Wildman–Crippen LogP) is 1.12. The van der Waals surface area contributed by atoms with E-state index in [-0.39, 0.29) is 11.9 Å². The Morgan fingerprint density at radius 3 is 2.73 bits per heavy atom. The van der Waals surface area contributed by atoms with Crippen LogP contribution in [0.15, 0.2) is 18.2 Å². The lowest BCUT2D eigenvalue weighted by atomic mass is 10.1. The van der Waals surface area contributed by atoms with Gasteiger partial charge in [0.25, 0.3) is 0 Å². The van der Waals surface area contributed by atoms with Crippen LogP contribution in [0.1, 0.15) is 12.5 Å². The third-order valence-corrected chi connectivity index (χ3v) is 2.39. The molecule has 0 aliphatic carbocycles. The number of likely N-dealkylation sites (N-methyl/N-ethyl adjacent to an activating group) is 1. The van der Waals surface area contributed by atoms with Gasteiger partial charge in [0.05, 0.1) is 0 Å². The standard InChI is InChI=1S/C11H17N3O/c1-7-9(12)5-4-6-10(7)14-8(2)11(15)13-3/h4-6,8,14H,12H2,1-3H3,(H,13,15). The molecule has 0 spiro atoms. The van der Waals surface area contributed by atoms with Crippen molar-refractivity contribution in [1.29, 1.82) is 0 Å². The first kappa shape index (κ1) is 11.4. The zero-order valence-electron chi connectivity index (χ0n) is 9.29. The van der Waals surface area contributed by atoms with Gasteiger partial charge >= 0.3 is 0 Å². The van der Waals surface area contributed by atoms with E-state index in [9.17, 15) is 4.79 Å². The first-order valence-electron chi connectivity index (χ1n) is 4.89. The van der Waals surface area contributed by atoms with Gasteiger partial charge in [0, 0.05) is 18.4 Å². The summed E-state index contributed by atoms with van der Waals surface area (Å²) in [4.78, 5) is 11.3. The van der Waals surface area contributed by atoms with Crippen molar-refractivity contribution in [3.05, 3.63) is 23.8 Å². The first-order chi connectivity index (χ1) is 7.06. The summed E-state index contributed by atoms with van der Waals surface area (Å²) >= 11 is 0. The molecule has 0 aliphatic heterocycles. The topological polar surface area (TPSA) is 67.2 Å². The van der Waals surface area contributed by atoms with Crippen molar-refractivity contribution in [1.82, 2.24) is 5.32 Å². The molecule has 15 heavy (non-hydrogen) atoms. The summed E-state index contributed by atoms with van der Waals surface area (Å²) in [7, 11) is 1.62. The van der Waals surface area contributed by atoms with E-state index in [1.807, 2.05) is 32.0 Å². The Hall–Kier alpha value is -1.71. The van der Waals surface area contributed by atoms with E-state index in [1.54, 1.807) is 7.05 Å². The number of carbonyl (C=O) groups is 1. The number of nitrogens with one attached hydrogen (secondary N) is 2. The van der Waals surface area contributed by atoms with Crippen molar-refractivity contribution in [2.24, 2.45) is 0 Å². The minimum atomic E-state index is -0.268. The molecule has 82 valence electrons. The van der Waals surface area contributed by atoms with Crippen molar-refractivity contribution in [2.75, 3.05) is 18.1 Å². The molecule has 0 saturated heterocycles. The minimum Gasteiger partial charge on any atom is -0.398 e. The van der Waals surface area contributed by atoms with E-state index < -0.39 is 0 Å². The maximum Gasteiger partial charge on any atom is 0.241 e. The summed E-state index contributed by atoms with van der Waals surface area (Å²) in [6, 6.07) is 5.34. The largest absolute Gasteiger partial charge is 0.398 e. The van der Waals surface area contributed by atoms with Crippen LogP contribution in [0.3, 0.4) is 0 Å². The molecule has 1 atom stereocenters. The Morgan fingerprint density at radius 1 is 1.47 bits per heavy atom. The van der Waals surface area contributed by atoms with Crippen molar-refractivity contribution in [3.8, 4) is 0 Å². The molecule has 0 aromatic heterocycles. The fourth-order valence-corrected chi connectivity index (χ4v) is 1.33. The second kappa shape index (κ2) is 4.68. The second-order valence-electron chi connectivity index (χ2n) is 3.50. The number of anilines is 2. The van der Waals surface area contributed by atoms with Gasteiger partial charge in [-0.15, -0.1) is 0 Å². The van der Waals surface area contributed by atoms with Gasteiger partial charge in [0.1, 0.15) is 6.04 Å². The summed E-state index contributed by atoms with van der Waals surface area (Å²) in [5.41, 5.74) is 8.35. The van der Waals surface area contributed by atoms with Crippen LogP contribution in [-0.2, 0) is 4.79 Å². The summed E-state index contributed by atoms with van der Waals surface area (Å²) in [6.45, 7) is 3.73. The number of benzene rings is 1. The van der Waals surface area contributed by atoms with E-state index in [0.29, 0.717) is 0 Å². The smallest absolute Gasteiger partial charge is 0.241 e. The Balaban J connectivity index is 2.81. The van der Waals surface area contributed by atoms with Gasteiger partial charge in [-0.3, -0.25) is 4.79 Å². The van der Waals surface area contributed by atoms with Crippen LogP contribution in [-0.4, -0.2) is 19.0 Å². The van der Waals surface area contributed by atoms with Gasteiger partial charge in [0.2, 0.25) is 5.91 Å². The van der Waals surface area contributed by atoms with Crippen LogP contribution < -0.4 is 16.4 Å². The molecule has 4 nitrogen and oxygen atoms in total. The molecular weight excluding hydrogens is 190 g/mol. The number of amides is 1. The summed E-state index contributed by atoms with van der Waals surface area (Å²) in [5, 5.41) is 5.70. The number of nitrogens with two attached hydrogens (primary N) is 1. The zero-order chi connectivity index (χ0) is 11.4. The van der Waals surface area contributed by atoms with Gasteiger partial charge in [0.15, 0.2) is 0 Å². The average Bonchev–Trinajstić information content (AvgIpc) is 2.23. The molecule has 1 aromatic rings. The SMILES string of the molecule is CNC(=O)C(C)Nc1cccc(N)c1C. The summed E-state index contributed by atoms with van der Waals surface area (Å²) < 4.78 is 0. The van der Waals surface area contributed by atoms with Gasteiger partial charge in [-0.1, -0.05) is 6.07 Å². The normalized spacial score (nSPS) is 11.9. The summed E-state index contributed by atoms with van der Waals surface area (Å²) in [6.07, 6.45) is 0. The molecule has 4 N–H and O–H groups in total. The molecule has 1 amide bonds. The van der Waals surface area contributed by atoms with Crippen LogP contribution in [0.2, 0.25) is 0 Å². The third kappa shape index (κ3) is 2.62. The molecule has 0 aliphatic rings. The van der Waals surface area contributed by atoms with E-state index in [2.05, 4.69) is 10.6 Å². The molecule has 1 rings (SSSR count). The molecule has 0 bridgehead atoms. The lowest BCUT2D eigenvalue weighted by Gasteiger charge is -2.16. The van der Waals surface area contributed by atoms with E-state index in [1.165, 1.54) is 0 Å². The minimum absolute atomic E-state index is 0.0446. The van der Waals surface area contributed by atoms with Crippen LogP contribution in [0.4, 0.5) is 11.4 Å². The molecule has 0 heterocycles. The molecule has 1 aromatic carbocycles. The Labute approximate surface area is 89.9 Å². The van der Waals surface area contributed by atoms with Crippen LogP contribution in [0.25, 0.3) is 0 Å². The highest BCUT2D eigenvalue weighted by Gasteiger charge is 2.11. The van der Waals surface area contributed by atoms with E-state index >= 15 is 0 Å². The second-order valence-corrected chi connectivity index (χ2v) is 3.50. The highest BCUT2D eigenvalue weighted by Crippen LogP contribution is 2.20. The van der Waals surface area contributed by atoms with E-state index in [0.717, 1.165) is 16.9 Å². The van der Waals surface area contributed by atoms with Crippen molar-refractivity contribution in [2.45, 2.75) is 19.9 Å². The van der Waals surface area contributed by atoms with Gasteiger partial charge < -0.3 is 16.4 Å². The maximum absolute atomic E-state index is 11.3. The lowest BCUT2D eigenvalue weighted by Crippen LogP contribution is -2.35. The highest BCUT2D eigenvalue weighted by molar-refractivity contribution is 5.84. The third-order valence-electron chi connectivity index (χ3n) is 2.39. The zero-order valence-corrected chi connectivity index (χ0v) is 9.29. The van der Waals surface area contributed by atoms with Crippen LogP contribution in [0, 0.1) is 6.92 Å². The number of carbonyl (C=O) groups excluding carboxylic acids is 1. The molecular formula is C11H17N3O. The number of nitrogen functional groups attached to an aromatic ring is 1. The number of rotatable bonds is 3.